The molecule has 1 unspecified atom stereocenters. The molecule has 0 saturated carbocycles. The molecule has 11 aromatic carbocycles. The molecule has 0 N–H and O–H groups in total. The molecule has 12 aromatic rings. The molecule has 0 bridgehead atoms. The Kier molecular flexibility index (Phi) is 8.28. The van der Waals surface area contributed by atoms with Crippen LogP contribution < -0.4 is 9.80 Å². The van der Waals surface area contributed by atoms with Crippen LogP contribution in [0.3, 0.4) is 0 Å². The number of hydrogen-bond acceptors (Lipinski definition) is 3. The zero-order valence-corrected chi connectivity index (χ0v) is 38.1. The van der Waals surface area contributed by atoms with Crippen LogP contribution in [0.15, 0.2) is 259 Å². The van der Waals surface area contributed by atoms with Crippen LogP contribution in [-0.4, -0.2) is 0 Å². The summed E-state index contributed by atoms with van der Waals surface area (Å²) in [6, 6.07) is 94.1. The van der Waals surface area contributed by atoms with Crippen LogP contribution in [-0.2, 0) is 5.41 Å². The van der Waals surface area contributed by atoms with Gasteiger partial charge in [-0.2, -0.15) is 0 Å². The van der Waals surface area contributed by atoms with Crippen molar-refractivity contribution in [3.8, 4) is 55.6 Å². The third kappa shape index (κ3) is 5.34. The lowest BCUT2D eigenvalue weighted by Crippen LogP contribution is -2.29. The highest BCUT2D eigenvalue weighted by molar-refractivity contribution is 6.10. The number of nitrogens with zero attached hydrogens (tertiary/aromatic N) is 2. The van der Waals surface area contributed by atoms with Crippen LogP contribution in [0.2, 0.25) is 0 Å². The van der Waals surface area contributed by atoms with E-state index in [1.807, 2.05) is 0 Å². The summed E-state index contributed by atoms with van der Waals surface area (Å²) in [5.74, 6) is 0. The summed E-state index contributed by atoms with van der Waals surface area (Å²) >= 11 is 0. The SMILES string of the molecule is c1ccc(N(c2ccc3c(c2)C2(c4ccccc4-c4ccccc4-3)c3ccccc3-c3cc4oc5ccccc5c4cc32)c2cccc3c2N(c2ccccc2)c2ccccc2-c2ccccc2-3)cc1. The van der Waals surface area contributed by atoms with E-state index in [9.17, 15) is 0 Å². The molecule has 70 heavy (non-hydrogen) atoms. The van der Waals surface area contributed by atoms with Gasteiger partial charge in [0.25, 0.3) is 0 Å². The van der Waals surface area contributed by atoms with Gasteiger partial charge in [0, 0.05) is 39.0 Å². The largest absolute Gasteiger partial charge is 0.456 e. The molecular formula is C67H42N2O. The van der Waals surface area contributed by atoms with Gasteiger partial charge in [0.15, 0.2) is 0 Å². The fraction of sp³-hybridized carbons (Fsp3) is 0.0149. The Bertz CT molecular complexity index is 4090. The quantitative estimate of drug-likeness (QED) is 0.176. The second-order valence-corrected chi connectivity index (χ2v) is 18.7. The maximum absolute atomic E-state index is 6.66. The van der Waals surface area contributed by atoms with Crippen molar-refractivity contribution in [3.63, 3.8) is 0 Å². The second-order valence-electron chi connectivity index (χ2n) is 18.7. The number of furan rings is 1. The predicted molar refractivity (Wildman–Crippen MR) is 289 cm³/mol. The highest BCUT2D eigenvalue weighted by Crippen LogP contribution is 2.63. The lowest BCUT2D eigenvalue weighted by atomic mass is 9.65. The van der Waals surface area contributed by atoms with Crippen molar-refractivity contribution in [2.75, 3.05) is 9.80 Å². The smallest absolute Gasteiger partial charge is 0.136 e. The predicted octanol–water partition coefficient (Wildman–Crippen LogP) is 18.2. The Morgan fingerprint density at radius 1 is 0.314 bits per heavy atom. The first-order valence-electron chi connectivity index (χ1n) is 24.2. The molecule has 3 heteroatoms. The van der Waals surface area contributed by atoms with Gasteiger partial charge in [-0.1, -0.05) is 188 Å². The zero-order chi connectivity index (χ0) is 45.9. The Morgan fingerprint density at radius 2 is 0.843 bits per heavy atom. The van der Waals surface area contributed by atoms with Gasteiger partial charge in [-0.05, 0) is 133 Å². The first-order valence-corrected chi connectivity index (χ1v) is 24.2. The lowest BCUT2D eigenvalue weighted by Gasteiger charge is -2.37. The van der Waals surface area contributed by atoms with Gasteiger partial charge < -0.3 is 14.2 Å². The minimum Gasteiger partial charge on any atom is -0.456 e. The van der Waals surface area contributed by atoms with Gasteiger partial charge in [0.1, 0.15) is 11.2 Å². The minimum absolute atomic E-state index is 0.719. The van der Waals surface area contributed by atoms with E-state index >= 15 is 0 Å². The van der Waals surface area contributed by atoms with Crippen LogP contribution in [0.5, 0.6) is 0 Å². The van der Waals surface area contributed by atoms with Crippen LogP contribution in [0.25, 0.3) is 77.6 Å². The fourth-order valence-electron chi connectivity index (χ4n) is 12.4. The standard InChI is InChI=1S/C67H42N2O/c1-3-20-43(21-4-1)68(63-36-19-32-55-49-27-10-9-26-48(49)53-30-13-17-35-62(53)69(66(55)63)44-22-5-2-6-23-44)45-38-39-52-47-25-8-7-24-46(47)50-28-11-15-33-58(50)67(60(52)40-45)59-34-16-12-29-51(59)56-42-65-57(41-61(56)67)54-31-14-18-37-64(54)70-65/h1-42H. The number of para-hydroxylation sites is 5. The van der Waals surface area contributed by atoms with E-state index in [2.05, 4.69) is 265 Å². The topological polar surface area (TPSA) is 19.6 Å². The Labute approximate surface area is 406 Å². The summed E-state index contributed by atoms with van der Waals surface area (Å²) in [7, 11) is 0. The molecule has 15 rings (SSSR count). The van der Waals surface area contributed by atoms with Crippen molar-refractivity contribution in [1.82, 2.24) is 0 Å². The van der Waals surface area contributed by atoms with Gasteiger partial charge in [-0.15, -0.1) is 0 Å². The van der Waals surface area contributed by atoms with Gasteiger partial charge >= 0.3 is 0 Å². The van der Waals surface area contributed by atoms with Gasteiger partial charge in [-0.3, -0.25) is 0 Å². The molecule has 1 aromatic heterocycles. The average Bonchev–Trinajstić information content (AvgIpc) is 3.86. The van der Waals surface area contributed by atoms with E-state index in [1.165, 1.54) is 72.3 Å². The van der Waals surface area contributed by atoms with Crippen molar-refractivity contribution in [3.05, 3.63) is 277 Å². The third-order valence-corrected chi connectivity index (χ3v) is 15.2. The van der Waals surface area contributed by atoms with Crippen LogP contribution in [0.4, 0.5) is 34.1 Å². The molecule has 0 saturated heterocycles. The molecule has 3 aliphatic rings. The summed E-state index contributed by atoms with van der Waals surface area (Å²) in [5, 5.41) is 2.25. The Balaban J connectivity index is 1.08. The molecule has 1 spiro atoms. The summed E-state index contributed by atoms with van der Waals surface area (Å²) in [5.41, 5.74) is 24.7. The van der Waals surface area contributed by atoms with Gasteiger partial charge in [0.2, 0.25) is 0 Å². The van der Waals surface area contributed by atoms with Crippen LogP contribution in [0.1, 0.15) is 22.3 Å². The molecule has 0 amide bonds. The molecule has 2 aliphatic carbocycles. The van der Waals surface area contributed by atoms with Crippen molar-refractivity contribution >= 4 is 56.1 Å². The summed E-state index contributed by atoms with van der Waals surface area (Å²) in [4.78, 5) is 4.98. The number of fused-ring (bicyclic) bond motifs is 20. The molecule has 0 fully saturated rings. The fourth-order valence-corrected chi connectivity index (χ4v) is 12.4. The van der Waals surface area contributed by atoms with E-state index in [4.69, 9.17) is 4.42 Å². The summed E-state index contributed by atoms with van der Waals surface area (Å²) in [6.07, 6.45) is 0. The normalized spacial score (nSPS) is 14.6. The molecule has 1 atom stereocenters. The number of hydrogen-bond donors (Lipinski definition) is 0. The molecular weight excluding hydrogens is 849 g/mol. The Morgan fingerprint density at radius 3 is 1.57 bits per heavy atom. The number of anilines is 6. The Hall–Kier alpha value is -9.18. The minimum atomic E-state index is -0.719. The lowest BCUT2D eigenvalue weighted by molar-refractivity contribution is 0.668. The van der Waals surface area contributed by atoms with Crippen molar-refractivity contribution in [2.24, 2.45) is 0 Å². The monoisotopic (exact) mass is 890 g/mol. The van der Waals surface area contributed by atoms with Crippen LogP contribution in [0, 0.1) is 0 Å². The van der Waals surface area contributed by atoms with E-state index in [0.717, 1.165) is 61.6 Å². The third-order valence-electron chi connectivity index (χ3n) is 15.2. The van der Waals surface area contributed by atoms with E-state index in [-0.39, 0.29) is 0 Å². The zero-order valence-electron chi connectivity index (χ0n) is 38.1. The molecule has 0 radical (unpaired) electrons. The maximum atomic E-state index is 6.66. The number of rotatable bonds is 4. The molecule has 3 nitrogen and oxygen atoms in total. The molecule has 2 heterocycles. The van der Waals surface area contributed by atoms with Crippen molar-refractivity contribution < 1.29 is 4.42 Å². The second kappa shape index (κ2) is 14.9. The summed E-state index contributed by atoms with van der Waals surface area (Å²) < 4.78 is 6.66. The summed E-state index contributed by atoms with van der Waals surface area (Å²) in [6.45, 7) is 0. The van der Waals surface area contributed by atoms with Gasteiger partial charge in [-0.25, -0.2) is 0 Å². The van der Waals surface area contributed by atoms with E-state index in [1.54, 1.807) is 0 Å². The van der Waals surface area contributed by atoms with Crippen molar-refractivity contribution in [1.29, 1.82) is 0 Å². The highest BCUT2D eigenvalue weighted by Gasteiger charge is 2.50. The van der Waals surface area contributed by atoms with E-state index in [0.29, 0.717) is 0 Å². The maximum Gasteiger partial charge on any atom is 0.136 e. The van der Waals surface area contributed by atoms with Crippen LogP contribution >= 0.6 is 0 Å². The van der Waals surface area contributed by atoms with E-state index < -0.39 is 5.41 Å². The molecule has 1 aliphatic heterocycles. The average molecular weight is 891 g/mol. The number of benzene rings is 11. The first kappa shape index (κ1) is 38.9. The molecule has 326 valence electrons. The highest BCUT2D eigenvalue weighted by atomic mass is 16.3. The first-order chi connectivity index (χ1) is 34.8. The van der Waals surface area contributed by atoms with Gasteiger partial charge in [0.05, 0.1) is 22.5 Å². The van der Waals surface area contributed by atoms with Crippen molar-refractivity contribution in [2.45, 2.75) is 5.41 Å².